The summed E-state index contributed by atoms with van der Waals surface area (Å²) in [4.78, 5) is 10.8. The number of thioether (sulfide) groups is 1. The van der Waals surface area contributed by atoms with Crippen LogP contribution in [0.3, 0.4) is 0 Å². The van der Waals surface area contributed by atoms with Crippen molar-refractivity contribution in [3.05, 3.63) is 23.7 Å². The molecule has 1 aromatic heterocycles. The van der Waals surface area contributed by atoms with Gasteiger partial charge in [-0.1, -0.05) is 26.1 Å². The number of hydrogen-bond acceptors (Lipinski definition) is 5. The Balaban J connectivity index is 2.20. The predicted octanol–water partition coefficient (Wildman–Crippen LogP) is 3.36. The zero-order valence-electron chi connectivity index (χ0n) is 10.8. The molecule has 2 rings (SSSR count). The first-order chi connectivity index (χ1) is 8.58. The van der Waals surface area contributed by atoms with Crippen molar-refractivity contribution in [2.24, 2.45) is 5.92 Å². The average Bonchev–Trinajstić information content (AvgIpc) is 2.68. The summed E-state index contributed by atoms with van der Waals surface area (Å²) >= 11 is 7.00. The van der Waals surface area contributed by atoms with Crippen LogP contribution < -0.4 is 4.74 Å². The van der Waals surface area contributed by atoms with Crippen LogP contribution in [0, 0.1) is 5.92 Å². The molecule has 1 aliphatic heterocycles. The van der Waals surface area contributed by atoms with Gasteiger partial charge in [-0.25, -0.2) is 4.98 Å². The van der Waals surface area contributed by atoms with Gasteiger partial charge in [0.05, 0.1) is 24.7 Å². The van der Waals surface area contributed by atoms with Gasteiger partial charge in [0.15, 0.2) is 0 Å². The third-order valence-electron chi connectivity index (χ3n) is 2.52. The minimum Gasteiger partial charge on any atom is -0.476 e. The van der Waals surface area contributed by atoms with E-state index in [2.05, 4.69) is 23.8 Å². The first-order valence-electron chi connectivity index (χ1n) is 5.90. The molecule has 0 unspecified atom stereocenters. The fourth-order valence-electron chi connectivity index (χ4n) is 1.53. The van der Waals surface area contributed by atoms with Gasteiger partial charge in [-0.15, -0.1) is 11.8 Å². The predicted molar refractivity (Wildman–Crippen MR) is 80.0 cm³/mol. The highest BCUT2D eigenvalue weighted by molar-refractivity contribution is 8.10. The van der Waals surface area contributed by atoms with Crippen molar-refractivity contribution in [1.29, 1.82) is 0 Å². The van der Waals surface area contributed by atoms with Crippen LogP contribution in [0.15, 0.2) is 18.0 Å². The molecular formula is C13H16N2OS2. The van der Waals surface area contributed by atoms with Gasteiger partial charge in [-0.2, -0.15) is 0 Å². The molecule has 0 aliphatic carbocycles. The van der Waals surface area contributed by atoms with Crippen LogP contribution in [0.1, 0.15) is 26.5 Å². The lowest BCUT2D eigenvalue weighted by atomic mass is 10.2. The fraction of sp³-hybridized carbons (Fsp3) is 0.462. The van der Waals surface area contributed by atoms with Crippen LogP contribution >= 0.6 is 24.0 Å². The van der Waals surface area contributed by atoms with Gasteiger partial charge in [-0.3, -0.25) is 4.98 Å². The molecule has 96 valence electrons. The normalized spacial score (nSPS) is 15.7. The highest BCUT2D eigenvalue weighted by Crippen LogP contribution is 2.36. The lowest BCUT2D eigenvalue weighted by Gasteiger charge is -2.08. The van der Waals surface area contributed by atoms with Crippen molar-refractivity contribution >= 4 is 33.7 Å². The van der Waals surface area contributed by atoms with Crippen molar-refractivity contribution in [2.75, 3.05) is 12.4 Å². The second-order valence-electron chi connectivity index (χ2n) is 4.61. The Morgan fingerprint density at radius 2 is 2.22 bits per heavy atom. The van der Waals surface area contributed by atoms with Gasteiger partial charge in [0, 0.05) is 15.5 Å². The third-order valence-corrected chi connectivity index (χ3v) is 4.39. The molecule has 0 fully saturated rings. The summed E-state index contributed by atoms with van der Waals surface area (Å²) in [5, 5.41) is 0. The second kappa shape index (κ2) is 5.80. The standard InChI is InChI=1S/C13H16N2OS2/c1-8(2)6-16-12-5-14-4-10(15-12)13-9(3)11(17)7-18-13/h4-5,8H,6-7H2,1-3H3. The number of rotatable bonds is 4. The first kappa shape index (κ1) is 13.5. The average molecular weight is 280 g/mol. The van der Waals surface area contributed by atoms with E-state index >= 15 is 0 Å². The summed E-state index contributed by atoms with van der Waals surface area (Å²) in [6.45, 7) is 6.91. The Kier molecular flexibility index (Phi) is 4.35. The number of thiocarbonyl (C=S) groups is 1. The molecule has 0 saturated carbocycles. The molecule has 0 amide bonds. The molecule has 0 radical (unpaired) electrons. The largest absolute Gasteiger partial charge is 0.476 e. The minimum atomic E-state index is 0.477. The maximum absolute atomic E-state index is 5.59. The summed E-state index contributed by atoms with van der Waals surface area (Å²) < 4.78 is 5.59. The third kappa shape index (κ3) is 3.09. The summed E-state index contributed by atoms with van der Waals surface area (Å²) in [6, 6.07) is 0. The maximum Gasteiger partial charge on any atom is 0.232 e. The number of ether oxygens (including phenoxy) is 1. The quantitative estimate of drug-likeness (QED) is 0.790. The van der Waals surface area contributed by atoms with Crippen LogP contribution in [0.5, 0.6) is 5.88 Å². The van der Waals surface area contributed by atoms with Crippen LogP contribution in [0.25, 0.3) is 4.91 Å². The Morgan fingerprint density at radius 1 is 1.44 bits per heavy atom. The van der Waals surface area contributed by atoms with Crippen molar-refractivity contribution in [3.8, 4) is 5.88 Å². The monoisotopic (exact) mass is 280 g/mol. The summed E-state index contributed by atoms with van der Waals surface area (Å²) in [5.74, 6) is 1.93. The lowest BCUT2D eigenvalue weighted by Crippen LogP contribution is -2.06. The highest BCUT2D eigenvalue weighted by atomic mass is 32.2. The zero-order valence-corrected chi connectivity index (χ0v) is 12.4. The minimum absolute atomic E-state index is 0.477. The van der Waals surface area contributed by atoms with Gasteiger partial charge in [0.25, 0.3) is 0 Å². The number of hydrogen-bond donors (Lipinski definition) is 0. The van der Waals surface area contributed by atoms with Gasteiger partial charge < -0.3 is 4.74 Å². The van der Waals surface area contributed by atoms with E-state index in [1.165, 1.54) is 0 Å². The molecule has 0 spiro atoms. The van der Waals surface area contributed by atoms with Gasteiger partial charge >= 0.3 is 0 Å². The van der Waals surface area contributed by atoms with E-state index < -0.39 is 0 Å². The SMILES string of the molecule is CC1=C(c2cncc(OCC(C)C)n2)SCC1=S. The molecule has 0 N–H and O–H groups in total. The molecule has 0 atom stereocenters. The Hall–Kier alpha value is -0.940. The number of aromatic nitrogens is 2. The van der Waals surface area contributed by atoms with E-state index in [1.54, 1.807) is 24.2 Å². The molecule has 5 heteroatoms. The number of allylic oxidation sites excluding steroid dienone is 1. The highest BCUT2D eigenvalue weighted by Gasteiger charge is 2.19. The molecule has 0 aromatic carbocycles. The van der Waals surface area contributed by atoms with Crippen LogP contribution in [-0.2, 0) is 0 Å². The van der Waals surface area contributed by atoms with E-state index in [0.29, 0.717) is 18.4 Å². The van der Waals surface area contributed by atoms with E-state index in [1.807, 2.05) is 6.92 Å². The van der Waals surface area contributed by atoms with E-state index in [9.17, 15) is 0 Å². The first-order valence-corrected chi connectivity index (χ1v) is 7.29. The smallest absolute Gasteiger partial charge is 0.232 e. The van der Waals surface area contributed by atoms with Crippen molar-refractivity contribution in [3.63, 3.8) is 0 Å². The molecule has 2 heterocycles. The Labute approximate surface area is 117 Å². The molecule has 1 aliphatic rings. The van der Waals surface area contributed by atoms with E-state index in [0.717, 1.165) is 26.8 Å². The maximum atomic E-state index is 5.59. The molecule has 0 saturated heterocycles. The molecule has 18 heavy (non-hydrogen) atoms. The molecule has 0 bridgehead atoms. The van der Waals surface area contributed by atoms with E-state index in [-0.39, 0.29) is 0 Å². The van der Waals surface area contributed by atoms with Crippen molar-refractivity contribution in [2.45, 2.75) is 20.8 Å². The van der Waals surface area contributed by atoms with E-state index in [4.69, 9.17) is 17.0 Å². The second-order valence-corrected chi connectivity index (χ2v) is 6.09. The van der Waals surface area contributed by atoms with Crippen molar-refractivity contribution in [1.82, 2.24) is 9.97 Å². The van der Waals surface area contributed by atoms with Gasteiger partial charge in [-0.05, 0) is 18.4 Å². The zero-order chi connectivity index (χ0) is 13.1. The summed E-state index contributed by atoms with van der Waals surface area (Å²) in [5.41, 5.74) is 2.00. The van der Waals surface area contributed by atoms with Crippen LogP contribution in [0.2, 0.25) is 0 Å². The van der Waals surface area contributed by atoms with Gasteiger partial charge in [0.1, 0.15) is 0 Å². The molecular weight excluding hydrogens is 264 g/mol. The van der Waals surface area contributed by atoms with Gasteiger partial charge in [0.2, 0.25) is 5.88 Å². The summed E-state index contributed by atoms with van der Waals surface area (Å²) in [6.07, 6.45) is 3.42. The lowest BCUT2D eigenvalue weighted by molar-refractivity contribution is 0.260. The van der Waals surface area contributed by atoms with Crippen LogP contribution in [0.4, 0.5) is 0 Å². The number of nitrogens with zero attached hydrogens (tertiary/aromatic N) is 2. The fourth-order valence-corrected chi connectivity index (χ4v) is 2.95. The Morgan fingerprint density at radius 3 is 2.83 bits per heavy atom. The molecule has 1 aromatic rings. The Bertz CT molecular complexity index is 498. The van der Waals surface area contributed by atoms with Crippen molar-refractivity contribution < 1.29 is 4.74 Å². The summed E-state index contributed by atoms with van der Waals surface area (Å²) in [7, 11) is 0. The molecule has 3 nitrogen and oxygen atoms in total. The van der Waals surface area contributed by atoms with Crippen LogP contribution in [-0.4, -0.2) is 27.2 Å². The topological polar surface area (TPSA) is 35.0 Å².